The smallest absolute Gasteiger partial charge is 0.246 e. The van der Waals surface area contributed by atoms with Crippen molar-refractivity contribution in [1.29, 1.82) is 0 Å². The van der Waals surface area contributed by atoms with E-state index in [-0.39, 0.29) is 18.3 Å². The van der Waals surface area contributed by atoms with E-state index < -0.39 is 14.1 Å². The van der Waals surface area contributed by atoms with E-state index in [0.29, 0.717) is 0 Å². The van der Waals surface area contributed by atoms with Crippen molar-refractivity contribution in [2.75, 3.05) is 19.5 Å². The molecule has 1 unspecified atom stereocenters. The lowest BCUT2D eigenvalue weighted by molar-refractivity contribution is -0.118. The zero-order valence-electron chi connectivity index (χ0n) is 15.4. The van der Waals surface area contributed by atoms with Crippen molar-refractivity contribution in [2.24, 2.45) is 0 Å². The Kier molecular flexibility index (Phi) is 7.67. The van der Waals surface area contributed by atoms with Gasteiger partial charge in [-0.3, -0.25) is 4.79 Å². The van der Waals surface area contributed by atoms with Crippen LogP contribution < -0.4 is 20.6 Å². The van der Waals surface area contributed by atoms with Crippen LogP contribution in [0.5, 0.6) is 5.75 Å². The molecule has 2 N–H and O–H groups in total. The number of nitrogens with one attached hydrogen (secondary N) is 2. The van der Waals surface area contributed by atoms with E-state index in [9.17, 15) is 4.79 Å². The van der Waals surface area contributed by atoms with Crippen LogP contribution in [0.15, 0.2) is 48.5 Å². The van der Waals surface area contributed by atoms with Crippen molar-refractivity contribution in [3.8, 4) is 5.75 Å². The summed E-state index contributed by atoms with van der Waals surface area (Å²) < 4.78 is 5.16. The molecule has 0 saturated carbocycles. The monoisotopic (exact) mass is 378 g/mol. The Morgan fingerprint density at radius 2 is 1.56 bits per heavy atom. The fourth-order valence-corrected chi connectivity index (χ4v) is 3.68. The average molecular weight is 379 g/mol. The Balaban J connectivity index is 0.00000312. The third-order valence-electron chi connectivity index (χ3n) is 4.02. The number of rotatable bonds is 6. The number of likely N-dealkylation sites (N-methyl/N-ethyl adjacent to an activating group) is 1. The highest BCUT2D eigenvalue weighted by molar-refractivity contribution is 6.88. The number of ether oxygens (including phenoxy) is 1. The van der Waals surface area contributed by atoms with Crippen molar-refractivity contribution < 1.29 is 9.53 Å². The summed E-state index contributed by atoms with van der Waals surface area (Å²) >= 11 is 0. The Morgan fingerprint density at radius 3 is 2.00 bits per heavy atom. The molecule has 2 aromatic carbocycles. The van der Waals surface area contributed by atoms with E-state index >= 15 is 0 Å². The first-order chi connectivity index (χ1) is 11.3. The largest absolute Gasteiger partial charge is 0.497 e. The topological polar surface area (TPSA) is 50.4 Å². The molecule has 2 rings (SSSR count). The standard InChI is InChI=1S/C19H26N2O2Si.ClH/c1-20-18(14-6-10-16(23-2)11-7-14)19(22)21-15-8-12-17(13-9-15)24(3,4)5;/h6-13,18,20H,1-5H3,(H,21,22);1H. The lowest BCUT2D eigenvalue weighted by Crippen LogP contribution is -2.37. The predicted molar refractivity (Wildman–Crippen MR) is 110 cm³/mol. The lowest BCUT2D eigenvalue weighted by atomic mass is 10.1. The fraction of sp³-hybridized carbons (Fsp3) is 0.316. The predicted octanol–water partition coefficient (Wildman–Crippen LogP) is 3.56. The van der Waals surface area contributed by atoms with Gasteiger partial charge in [0.25, 0.3) is 0 Å². The van der Waals surface area contributed by atoms with E-state index in [1.165, 1.54) is 5.19 Å². The van der Waals surface area contributed by atoms with E-state index in [0.717, 1.165) is 17.0 Å². The normalized spacial score (nSPS) is 12.0. The first kappa shape index (κ1) is 21.2. The van der Waals surface area contributed by atoms with Crippen LogP contribution in [0.2, 0.25) is 19.6 Å². The van der Waals surface area contributed by atoms with Gasteiger partial charge in [0, 0.05) is 5.69 Å². The first-order valence-electron chi connectivity index (χ1n) is 8.08. The van der Waals surface area contributed by atoms with Gasteiger partial charge < -0.3 is 15.4 Å². The molecule has 1 atom stereocenters. The van der Waals surface area contributed by atoms with Gasteiger partial charge in [0.15, 0.2) is 0 Å². The van der Waals surface area contributed by atoms with Crippen molar-refractivity contribution in [2.45, 2.75) is 25.7 Å². The third kappa shape index (κ3) is 5.59. The van der Waals surface area contributed by atoms with E-state index in [4.69, 9.17) is 4.74 Å². The quantitative estimate of drug-likeness (QED) is 0.755. The second kappa shape index (κ2) is 9.04. The van der Waals surface area contributed by atoms with Crippen LogP contribution >= 0.6 is 12.4 Å². The summed E-state index contributed by atoms with van der Waals surface area (Å²) in [5.41, 5.74) is 1.71. The summed E-state index contributed by atoms with van der Waals surface area (Å²) in [4.78, 5) is 12.6. The molecular formula is C19H27ClN2O2Si. The van der Waals surface area contributed by atoms with Crippen molar-refractivity contribution in [3.63, 3.8) is 0 Å². The van der Waals surface area contributed by atoms with Gasteiger partial charge in [-0.1, -0.05) is 49.1 Å². The van der Waals surface area contributed by atoms with Crippen LogP contribution in [0.4, 0.5) is 5.69 Å². The molecule has 136 valence electrons. The molecule has 0 heterocycles. The zero-order valence-corrected chi connectivity index (χ0v) is 17.2. The van der Waals surface area contributed by atoms with Crippen molar-refractivity contribution in [1.82, 2.24) is 5.32 Å². The van der Waals surface area contributed by atoms with Crippen LogP contribution in [-0.2, 0) is 4.79 Å². The highest BCUT2D eigenvalue weighted by atomic mass is 35.5. The van der Waals surface area contributed by atoms with Gasteiger partial charge in [0.05, 0.1) is 15.2 Å². The van der Waals surface area contributed by atoms with Gasteiger partial charge in [-0.05, 0) is 36.9 Å². The van der Waals surface area contributed by atoms with Gasteiger partial charge in [-0.2, -0.15) is 0 Å². The number of anilines is 1. The van der Waals surface area contributed by atoms with E-state index in [2.05, 4.69) is 42.4 Å². The number of amides is 1. The number of hydrogen-bond donors (Lipinski definition) is 2. The fourth-order valence-electron chi connectivity index (χ4n) is 2.51. The van der Waals surface area contributed by atoms with Crippen LogP contribution in [0.3, 0.4) is 0 Å². The summed E-state index contributed by atoms with van der Waals surface area (Å²) in [7, 11) is 2.08. The Morgan fingerprint density at radius 1 is 1.00 bits per heavy atom. The van der Waals surface area contributed by atoms with Gasteiger partial charge in [-0.25, -0.2) is 0 Å². The summed E-state index contributed by atoms with van der Waals surface area (Å²) in [5, 5.41) is 7.42. The molecule has 6 heteroatoms. The highest BCUT2D eigenvalue weighted by Gasteiger charge is 2.20. The number of benzene rings is 2. The van der Waals surface area contributed by atoms with Crippen LogP contribution in [0, 0.1) is 0 Å². The first-order valence-corrected chi connectivity index (χ1v) is 11.6. The molecule has 0 bridgehead atoms. The molecule has 0 aliphatic rings. The van der Waals surface area contributed by atoms with Crippen molar-refractivity contribution >= 4 is 37.3 Å². The van der Waals surface area contributed by atoms with Crippen molar-refractivity contribution in [3.05, 3.63) is 54.1 Å². The van der Waals surface area contributed by atoms with Crippen LogP contribution in [0.25, 0.3) is 0 Å². The average Bonchev–Trinajstić information content (AvgIpc) is 2.56. The minimum Gasteiger partial charge on any atom is -0.497 e. The highest BCUT2D eigenvalue weighted by Crippen LogP contribution is 2.19. The molecule has 0 aliphatic heterocycles. The SMILES string of the molecule is CNC(C(=O)Nc1ccc([Si](C)(C)C)cc1)c1ccc(OC)cc1.Cl. The van der Waals surface area contributed by atoms with Crippen LogP contribution in [-0.4, -0.2) is 28.1 Å². The number of methoxy groups -OCH3 is 1. The van der Waals surface area contributed by atoms with Gasteiger partial charge in [0.2, 0.25) is 5.91 Å². The van der Waals surface area contributed by atoms with Gasteiger partial charge in [0.1, 0.15) is 11.8 Å². The molecule has 0 aliphatic carbocycles. The molecule has 0 spiro atoms. The number of carbonyl (C=O) groups is 1. The van der Waals surface area contributed by atoms with Crippen LogP contribution in [0.1, 0.15) is 11.6 Å². The minimum atomic E-state index is -1.32. The molecule has 25 heavy (non-hydrogen) atoms. The number of hydrogen-bond acceptors (Lipinski definition) is 3. The molecule has 0 aromatic heterocycles. The molecule has 0 saturated heterocycles. The van der Waals surface area contributed by atoms with Gasteiger partial charge in [-0.15, -0.1) is 12.4 Å². The second-order valence-electron chi connectivity index (χ2n) is 6.81. The molecule has 0 radical (unpaired) electrons. The maximum absolute atomic E-state index is 12.6. The van der Waals surface area contributed by atoms with E-state index in [1.54, 1.807) is 14.2 Å². The third-order valence-corrected chi connectivity index (χ3v) is 6.08. The van der Waals surface area contributed by atoms with E-state index in [1.807, 2.05) is 36.4 Å². The summed E-state index contributed by atoms with van der Waals surface area (Å²) in [6.07, 6.45) is 0. The summed E-state index contributed by atoms with van der Waals surface area (Å²) in [5.74, 6) is 0.694. The Bertz CT molecular complexity index is 682. The number of carbonyl (C=O) groups excluding carboxylic acids is 1. The minimum absolute atomic E-state index is 0. The number of halogens is 1. The molecule has 2 aromatic rings. The molecule has 0 fully saturated rings. The molecule has 4 nitrogen and oxygen atoms in total. The molecular weight excluding hydrogens is 352 g/mol. The second-order valence-corrected chi connectivity index (χ2v) is 11.9. The summed E-state index contributed by atoms with van der Waals surface area (Å²) in [6, 6.07) is 15.3. The maximum atomic E-state index is 12.6. The Hall–Kier alpha value is -1.82. The lowest BCUT2D eigenvalue weighted by Gasteiger charge is -2.19. The summed E-state index contributed by atoms with van der Waals surface area (Å²) in [6.45, 7) is 6.92. The molecule has 1 amide bonds. The van der Waals surface area contributed by atoms with Gasteiger partial charge >= 0.3 is 0 Å². The zero-order chi connectivity index (χ0) is 17.7. The maximum Gasteiger partial charge on any atom is 0.246 e. The Labute approximate surface area is 157 Å².